The third kappa shape index (κ3) is 3.69. The minimum atomic E-state index is -1.34. The number of benzene rings is 2. The highest BCUT2D eigenvalue weighted by atomic mass is 79.9. The molecule has 2 rings (SSSR count). The maximum Gasteiger partial charge on any atom is 0.335 e. The molecular weight excluding hydrogens is 364 g/mol. The fraction of sp³-hybridized carbons (Fsp3) is 0.0714. The van der Waals surface area contributed by atoms with E-state index in [9.17, 15) is 9.00 Å². The van der Waals surface area contributed by atoms with E-state index in [-0.39, 0.29) is 11.3 Å². The maximum atomic E-state index is 12.3. The fourth-order valence-electron chi connectivity index (χ4n) is 1.63. The zero-order chi connectivity index (χ0) is 14.7. The maximum absolute atomic E-state index is 12.3. The van der Waals surface area contributed by atoms with Crippen LogP contribution in [0.15, 0.2) is 51.8 Å². The van der Waals surface area contributed by atoms with Crippen LogP contribution in [0.1, 0.15) is 15.9 Å². The van der Waals surface area contributed by atoms with Crippen LogP contribution < -0.4 is 0 Å². The first-order chi connectivity index (χ1) is 9.47. The number of rotatable bonds is 4. The van der Waals surface area contributed by atoms with Crippen molar-refractivity contribution in [2.45, 2.75) is 10.6 Å². The zero-order valence-corrected chi connectivity index (χ0v) is 13.3. The van der Waals surface area contributed by atoms with Crippen molar-refractivity contribution in [1.82, 2.24) is 0 Å². The van der Waals surface area contributed by atoms with Gasteiger partial charge in [0.15, 0.2) is 0 Å². The lowest BCUT2D eigenvalue weighted by Gasteiger charge is -2.06. The minimum absolute atomic E-state index is 0.123. The van der Waals surface area contributed by atoms with Crippen LogP contribution in [0.25, 0.3) is 0 Å². The van der Waals surface area contributed by atoms with Crippen molar-refractivity contribution in [1.29, 1.82) is 0 Å². The van der Waals surface area contributed by atoms with Crippen LogP contribution in [0, 0.1) is 0 Å². The summed E-state index contributed by atoms with van der Waals surface area (Å²) in [6, 6.07) is 11.5. The van der Waals surface area contributed by atoms with Crippen molar-refractivity contribution in [2.75, 3.05) is 0 Å². The molecule has 0 saturated carbocycles. The number of aromatic carboxylic acids is 1. The van der Waals surface area contributed by atoms with Gasteiger partial charge in [0.05, 0.1) is 22.1 Å². The number of carboxylic acid groups (broad SMARTS) is 1. The third-order valence-corrected chi connectivity index (χ3v) is 4.84. The van der Waals surface area contributed by atoms with E-state index in [0.717, 1.165) is 10.0 Å². The first kappa shape index (κ1) is 15.2. The molecule has 0 radical (unpaired) electrons. The number of halogens is 2. The molecule has 20 heavy (non-hydrogen) atoms. The van der Waals surface area contributed by atoms with E-state index in [1.807, 2.05) is 6.07 Å². The smallest absolute Gasteiger partial charge is 0.335 e. The Kier molecular flexibility index (Phi) is 4.96. The Morgan fingerprint density at radius 2 is 2.00 bits per heavy atom. The summed E-state index contributed by atoms with van der Waals surface area (Å²) in [7, 11) is -1.34. The molecule has 3 nitrogen and oxygen atoms in total. The summed E-state index contributed by atoms with van der Waals surface area (Å²) in [4.78, 5) is 11.4. The van der Waals surface area contributed by atoms with E-state index >= 15 is 0 Å². The molecule has 0 spiro atoms. The molecule has 0 amide bonds. The second-order valence-electron chi connectivity index (χ2n) is 4.06. The lowest BCUT2D eigenvalue weighted by molar-refractivity contribution is 0.0696. The average molecular weight is 374 g/mol. The standard InChI is InChI=1S/C14H10BrClO3S/c15-11-5-4-10(13(16)7-11)8-20(19)12-3-1-2-9(6-12)14(17)18/h1-7H,8H2,(H,17,18). The predicted molar refractivity (Wildman–Crippen MR) is 82.7 cm³/mol. The van der Waals surface area contributed by atoms with Gasteiger partial charge >= 0.3 is 5.97 Å². The van der Waals surface area contributed by atoms with Crippen molar-refractivity contribution in [3.8, 4) is 0 Å². The topological polar surface area (TPSA) is 54.4 Å². The van der Waals surface area contributed by atoms with E-state index in [0.29, 0.717) is 9.92 Å². The largest absolute Gasteiger partial charge is 0.478 e. The molecule has 0 heterocycles. The second kappa shape index (κ2) is 6.52. The summed E-state index contributed by atoms with van der Waals surface area (Å²) in [6.45, 7) is 0. The second-order valence-corrected chi connectivity index (χ2v) is 6.83. The molecule has 0 aromatic heterocycles. The Bertz CT molecular complexity index is 688. The molecule has 1 atom stereocenters. The normalized spacial score (nSPS) is 12.1. The molecule has 0 aliphatic heterocycles. The van der Waals surface area contributed by atoms with E-state index in [4.69, 9.17) is 16.7 Å². The Hall–Kier alpha value is -1.17. The first-order valence-electron chi connectivity index (χ1n) is 5.63. The van der Waals surface area contributed by atoms with Crippen LogP contribution in [0.2, 0.25) is 5.02 Å². The molecule has 1 N–H and O–H groups in total. The molecule has 0 saturated heterocycles. The SMILES string of the molecule is O=C(O)c1cccc(S(=O)Cc2ccc(Br)cc2Cl)c1. The summed E-state index contributed by atoms with van der Waals surface area (Å²) in [6.07, 6.45) is 0. The fourth-order valence-corrected chi connectivity index (χ4v) is 3.64. The van der Waals surface area contributed by atoms with Gasteiger partial charge in [0, 0.05) is 14.4 Å². The monoisotopic (exact) mass is 372 g/mol. The average Bonchev–Trinajstić information content (AvgIpc) is 2.42. The lowest BCUT2D eigenvalue weighted by Crippen LogP contribution is -2.01. The summed E-state index contributed by atoms with van der Waals surface area (Å²) in [5, 5.41) is 9.46. The van der Waals surface area contributed by atoms with Crippen molar-refractivity contribution in [3.05, 3.63) is 63.1 Å². The molecule has 0 aliphatic rings. The van der Waals surface area contributed by atoms with Gasteiger partial charge in [0.1, 0.15) is 0 Å². The number of carboxylic acids is 1. The molecule has 104 valence electrons. The third-order valence-electron chi connectivity index (χ3n) is 2.65. The molecule has 6 heteroatoms. The summed E-state index contributed by atoms with van der Waals surface area (Å²) < 4.78 is 13.1. The van der Waals surface area contributed by atoms with E-state index in [2.05, 4.69) is 15.9 Å². The molecule has 2 aromatic rings. The Morgan fingerprint density at radius 3 is 2.65 bits per heavy atom. The van der Waals surface area contributed by atoms with Gasteiger partial charge in [-0.1, -0.05) is 39.7 Å². The van der Waals surface area contributed by atoms with Gasteiger partial charge in [0.2, 0.25) is 0 Å². The van der Waals surface area contributed by atoms with Crippen molar-refractivity contribution < 1.29 is 14.1 Å². The molecular formula is C14H10BrClO3S. The Labute approximate surface area is 132 Å². The number of carbonyl (C=O) groups is 1. The van der Waals surface area contributed by atoms with Crippen LogP contribution in [0.5, 0.6) is 0 Å². The summed E-state index contributed by atoms with van der Waals surface area (Å²) in [5.74, 6) is -0.791. The summed E-state index contributed by atoms with van der Waals surface area (Å²) >= 11 is 9.39. The minimum Gasteiger partial charge on any atom is -0.478 e. The molecule has 1 unspecified atom stereocenters. The number of hydrogen-bond donors (Lipinski definition) is 1. The zero-order valence-electron chi connectivity index (χ0n) is 10.2. The highest BCUT2D eigenvalue weighted by molar-refractivity contribution is 9.10. The van der Waals surface area contributed by atoms with E-state index in [1.165, 1.54) is 12.1 Å². The predicted octanol–water partition coefficient (Wildman–Crippen LogP) is 4.11. The van der Waals surface area contributed by atoms with Crippen molar-refractivity contribution >= 4 is 44.3 Å². The van der Waals surface area contributed by atoms with Gasteiger partial charge in [-0.25, -0.2) is 4.79 Å². The highest BCUT2D eigenvalue weighted by Crippen LogP contribution is 2.24. The highest BCUT2D eigenvalue weighted by Gasteiger charge is 2.11. The molecule has 0 bridgehead atoms. The Morgan fingerprint density at radius 1 is 1.25 bits per heavy atom. The summed E-state index contributed by atoms with van der Waals surface area (Å²) in [5.41, 5.74) is 0.881. The van der Waals surface area contributed by atoms with Gasteiger partial charge in [-0.2, -0.15) is 0 Å². The van der Waals surface area contributed by atoms with Crippen molar-refractivity contribution in [2.24, 2.45) is 0 Å². The van der Waals surface area contributed by atoms with E-state index in [1.54, 1.807) is 24.3 Å². The van der Waals surface area contributed by atoms with Gasteiger partial charge in [-0.3, -0.25) is 4.21 Å². The van der Waals surface area contributed by atoms with Gasteiger partial charge in [0.25, 0.3) is 0 Å². The first-order valence-corrected chi connectivity index (χ1v) is 8.12. The van der Waals surface area contributed by atoms with Crippen LogP contribution in [0.4, 0.5) is 0 Å². The van der Waals surface area contributed by atoms with Crippen LogP contribution in [-0.2, 0) is 16.6 Å². The molecule has 0 aliphatic carbocycles. The Balaban J connectivity index is 2.24. The van der Waals surface area contributed by atoms with Gasteiger partial charge in [-0.05, 0) is 35.9 Å². The number of hydrogen-bond acceptors (Lipinski definition) is 2. The van der Waals surface area contributed by atoms with Crippen molar-refractivity contribution in [3.63, 3.8) is 0 Å². The van der Waals surface area contributed by atoms with Crippen LogP contribution >= 0.6 is 27.5 Å². The quantitative estimate of drug-likeness (QED) is 0.877. The van der Waals surface area contributed by atoms with Gasteiger partial charge < -0.3 is 5.11 Å². The molecule has 0 fully saturated rings. The van der Waals surface area contributed by atoms with E-state index < -0.39 is 16.8 Å². The van der Waals surface area contributed by atoms with Crippen LogP contribution in [-0.4, -0.2) is 15.3 Å². The van der Waals surface area contributed by atoms with Gasteiger partial charge in [-0.15, -0.1) is 0 Å². The van der Waals surface area contributed by atoms with Crippen LogP contribution in [0.3, 0.4) is 0 Å². The molecule has 2 aromatic carbocycles. The lowest BCUT2D eigenvalue weighted by atomic mass is 10.2.